The van der Waals surface area contributed by atoms with Crippen LogP contribution in [0.1, 0.15) is 28.3 Å². The molecule has 5 rings (SSSR count). The number of methoxy groups -OCH3 is 3. The number of thiazole rings is 1. The van der Waals surface area contributed by atoms with Gasteiger partial charge in [-0.2, -0.15) is 0 Å². The molecule has 4 aromatic rings. The molecule has 1 aliphatic heterocycles. The molecule has 1 saturated heterocycles. The van der Waals surface area contributed by atoms with Gasteiger partial charge in [0.15, 0.2) is 16.6 Å². The van der Waals surface area contributed by atoms with Gasteiger partial charge in [-0.25, -0.2) is 4.98 Å². The van der Waals surface area contributed by atoms with Crippen LogP contribution in [0.5, 0.6) is 17.2 Å². The number of ether oxygens (including phenoxy) is 3. The molecule has 3 aromatic carbocycles. The number of benzene rings is 3. The number of nitrogens with zero attached hydrogens (tertiary/aromatic N) is 2. The van der Waals surface area contributed by atoms with Crippen LogP contribution in [0.2, 0.25) is 0 Å². The number of hydrogen-bond donors (Lipinski definition) is 1. The molecule has 1 atom stereocenters. The molecule has 0 aliphatic carbocycles. The molecule has 38 heavy (non-hydrogen) atoms. The van der Waals surface area contributed by atoms with Crippen LogP contribution < -0.4 is 19.1 Å². The number of Topliss-reactive ketones (excluding diaryl/α,β-unsaturated/α-hetero) is 1. The highest BCUT2D eigenvalue weighted by Crippen LogP contribution is 2.48. The molecule has 8 nitrogen and oxygen atoms in total. The molecule has 194 valence electrons. The molecule has 0 spiro atoms. The number of aliphatic hydroxyl groups is 1. The first-order chi connectivity index (χ1) is 18.3. The van der Waals surface area contributed by atoms with Crippen LogP contribution in [0.15, 0.2) is 60.2 Å². The summed E-state index contributed by atoms with van der Waals surface area (Å²) in [5.41, 5.74) is 3.61. The SMILES string of the molecule is COc1cc([C@@H]2C(=C(O)c3ccc(C)cc3)C(=O)C(=O)N2c2nc3ccc(C)cc3s2)cc(OC)c1OC. The van der Waals surface area contributed by atoms with Crippen LogP contribution in [-0.4, -0.2) is 43.1 Å². The third-order valence-corrected chi connectivity index (χ3v) is 7.53. The lowest BCUT2D eigenvalue weighted by Gasteiger charge is -2.24. The lowest BCUT2D eigenvalue weighted by Crippen LogP contribution is -2.29. The van der Waals surface area contributed by atoms with E-state index in [4.69, 9.17) is 14.2 Å². The predicted molar refractivity (Wildman–Crippen MR) is 146 cm³/mol. The maximum absolute atomic E-state index is 13.6. The van der Waals surface area contributed by atoms with Gasteiger partial charge < -0.3 is 19.3 Å². The van der Waals surface area contributed by atoms with Gasteiger partial charge in [0, 0.05) is 5.56 Å². The van der Waals surface area contributed by atoms with Crippen molar-refractivity contribution in [3.63, 3.8) is 0 Å². The van der Waals surface area contributed by atoms with Gasteiger partial charge >= 0.3 is 5.91 Å². The molecule has 0 saturated carbocycles. The van der Waals surface area contributed by atoms with Crippen molar-refractivity contribution < 1.29 is 28.9 Å². The molecule has 0 radical (unpaired) electrons. The van der Waals surface area contributed by atoms with Crippen molar-refractivity contribution in [1.82, 2.24) is 4.98 Å². The molecule has 9 heteroatoms. The van der Waals surface area contributed by atoms with E-state index in [0.717, 1.165) is 15.8 Å². The Labute approximate surface area is 223 Å². The van der Waals surface area contributed by atoms with E-state index in [0.29, 0.717) is 39.0 Å². The molecule has 0 bridgehead atoms. The molecular weight excluding hydrogens is 504 g/mol. The second-order valence-electron chi connectivity index (χ2n) is 8.96. The zero-order valence-corrected chi connectivity index (χ0v) is 22.4. The van der Waals surface area contributed by atoms with Crippen molar-refractivity contribution in [3.8, 4) is 17.2 Å². The number of anilines is 1. The monoisotopic (exact) mass is 530 g/mol. The Hall–Kier alpha value is -4.37. The summed E-state index contributed by atoms with van der Waals surface area (Å²) in [5.74, 6) is -0.804. The maximum Gasteiger partial charge on any atom is 0.301 e. The van der Waals surface area contributed by atoms with Gasteiger partial charge in [-0.05, 0) is 49.2 Å². The summed E-state index contributed by atoms with van der Waals surface area (Å²) in [4.78, 5) is 33.1. The fourth-order valence-electron chi connectivity index (χ4n) is 4.59. The van der Waals surface area contributed by atoms with Crippen molar-refractivity contribution in [1.29, 1.82) is 0 Å². The van der Waals surface area contributed by atoms with E-state index in [-0.39, 0.29) is 11.3 Å². The van der Waals surface area contributed by atoms with E-state index < -0.39 is 17.7 Å². The minimum atomic E-state index is -0.994. The Morgan fingerprint density at radius 1 is 0.895 bits per heavy atom. The summed E-state index contributed by atoms with van der Waals surface area (Å²) >= 11 is 1.30. The van der Waals surface area contributed by atoms with E-state index in [2.05, 4.69) is 4.98 Å². The van der Waals surface area contributed by atoms with Gasteiger partial charge in [0.2, 0.25) is 5.75 Å². The fourth-order valence-corrected chi connectivity index (χ4v) is 5.68. The van der Waals surface area contributed by atoms with Crippen LogP contribution in [0, 0.1) is 13.8 Å². The number of ketones is 1. The van der Waals surface area contributed by atoms with E-state index in [1.54, 1.807) is 24.3 Å². The van der Waals surface area contributed by atoms with Gasteiger partial charge in [-0.15, -0.1) is 0 Å². The first-order valence-electron chi connectivity index (χ1n) is 11.8. The number of rotatable bonds is 6. The summed E-state index contributed by atoms with van der Waals surface area (Å²) in [6.07, 6.45) is 0. The van der Waals surface area contributed by atoms with Crippen molar-refractivity contribution in [2.45, 2.75) is 19.9 Å². The van der Waals surface area contributed by atoms with Crippen molar-refractivity contribution in [3.05, 3.63) is 82.4 Å². The van der Waals surface area contributed by atoms with E-state index in [9.17, 15) is 14.7 Å². The number of carbonyl (C=O) groups is 2. The molecular formula is C29H26N2O6S. The molecule has 1 amide bonds. The van der Waals surface area contributed by atoms with Gasteiger partial charge in [0.1, 0.15) is 5.76 Å². The second-order valence-corrected chi connectivity index (χ2v) is 9.97. The zero-order valence-electron chi connectivity index (χ0n) is 21.6. The summed E-state index contributed by atoms with van der Waals surface area (Å²) in [6.45, 7) is 3.90. The van der Waals surface area contributed by atoms with E-state index in [1.165, 1.54) is 37.6 Å². The number of carbonyl (C=O) groups excluding carboxylic acids is 2. The highest BCUT2D eigenvalue weighted by atomic mass is 32.1. The lowest BCUT2D eigenvalue weighted by molar-refractivity contribution is -0.132. The van der Waals surface area contributed by atoms with Crippen LogP contribution >= 0.6 is 11.3 Å². The molecule has 1 fully saturated rings. The first kappa shape index (κ1) is 25.3. The third-order valence-electron chi connectivity index (χ3n) is 6.51. The highest BCUT2D eigenvalue weighted by Gasteiger charge is 2.48. The average Bonchev–Trinajstić information content (AvgIpc) is 3.45. The fraction of sp³-hybridized carbons (Fsp3) is 0.207. The third kappa shape index (κ3) is 4.14. The number of fused-ring (bicyclic) bond motifs is 1. The summed E-state index contributed by atoms with van der Waals surface area (Å²) in [7, 11) is 4.47. The Morgan fingerprint density at radius 3 is 2.13 bits per heavy atom. The van der Waals surface area contributed by atoms with Crippen LogP contribution in [-0.2, 0) is 9.59 Å². The van der Waals surface area contributed by atoms with Crippen molar-refractivity contribution in [2.24, 2.45) is 0 Å². The van der Waals surface area contributed by atoms with Gasteiger partial charge in [-0.3, -0.25) is 14.5 Å². The number of aliphatic hydroxyl groups excluding tert-OH is 1. The Morgan fingerprint density at radius 2 is 1.53 bits per heavy atom. The minimum absolute atomic E-state index is 0.0523. The average molecular weight is 531 g/mol. The number of amides is 1. The van der Waals surface area contributed by atoms with Crippen LogP contribution in [0.4, 0.5) is 5.13 Å². The first-order valence-corrected chi connectivity index (χ1v) is 12.6. The van der Waals surface area contributed by atoms with E-state index >= 15 is 0 Å². The Kier molecular flexibility index (Phi) is 6.54. The number of hydrogen-bond acceptors (Lipinski definition) is 8. The van der Waals surface area contributed by atoms with Gasteiger partial charge in [0.05, 0.1) is 43.2 Å². The minimum Gasteiger partial charge on any atom is -0.507 e. The lowest BCUT2D eigenvalue weighted by atomic mass is 9.94. The summed E-state index contributed by atoms with van der Waals surface area (Å²) < 4.78 is 17.4. The molecule has 1 aliphatic rings. The standard InChI is InChI=1S/C29H26N2O6S/c1-15-6-9-17(10-7-15)25(32)23-24(18-13-20(35-3)27(37-5)21(14-18)36-4)31(28(34)26(23)33)29-30-19-11-8-16(2)12-22(19)38-29/h6-14,24,32H,1-5H3/t24-/m1/s1. The van der Waals surface area contributed by atoms with Gasteiger partial charge in [-0.1, -0.05) is 47.2 Å². The van der Waals surface area contributed by atoms with Crippen molar-refractivity contribution in [2.75, 3.05) is 26.2 Å². The normalized spacial score (nSPS) is 16.8. The quantitative estimate of drug-likeness (QED) is 0.198. The maximum atomic E-state index is 13.6. The van der Waals surface area contributed by atoms with Crippen LogP contribution in [0.3, 0.4) is 0 Å². The highest BCUT2D eigenvalue weighted by molar-refractivity contribution is 7.22. The van der Waals surface area contributed by atoms with E-state index in [1.807, 2.05) is 44.2 Å². The Bertz CT molecular complexity index is 1580. The summed E-state index contributed by atoms with van der Waals surface area (Å²) in [6, 6.07) is 15.2. The number of aromatic nitrogens is 1. The predicted octanol–water partition coefficient (Wildman–Crippen LogP) is 5.57. The largest absolute Gasteiger partial charge is 0.507 e. The second kappa shape index (κ2) is 9.83. The van der Waals surface area contributed by atoms with Crippen LogP contribution in [0.25, 0.3) is 16.0 Å². The smallest absolute Gasteiger partial charge is 0.301 e. The van der Waals surface area contributed by atoms with Gasteiger partial charge in [0.25, 0.3) is 5.78 Å². The molecule has 2 heterocycles. The molecule has 1 aromatic heterocycles. The zero-order chi connectivity index (χ0) is 27.1. The Balaban J connectivity index is 1.78. The van der Waals surface area contributed by atoms with Crippen molar-refractivity contribution >= 4 is 44.1 Å². The molecule has 0 unspecified atom stereocenters. The molecule has 1 N–H and O–H groups in total. The summed E-state index contributed by atoms with van der Waals surface area (Å²) in [5, 5.41) is 11.7. The topological polar surface area (TPSA) is 98.2 Å². The number of aryl methyl sites for hydroxylation is 2.